The molecule has 1 atom stereocenters. The molecule has 5 nitrogen and oxygen atoms in total. The van der Waals surface area contributed by atoms with Crippen molar-refractivity contribution in [1.29, 1.82) is 0 Å². The second-order valence-corrected chi connectivity index (χ2v) is 5.47. The van der Waals surface area contributed by atoms with Crippen LogP contribution in [0.15, 0.2) is 28.9 Å². The molecule has 1 unspecified atom stereocenters. The number of nitrogens with zero attached hydrogens (tertiary/aromatic N) is 3. The zero-order valence-electron chi connectivity index (χ0n) is 11.8. The first-order valence-corrected chi connectivity index (χ1v) is 7.26. The van der Waals surface area contributed by atoms with Gasteiger partial charge >= 0.3 is 0 Å². The van der Waals surface area contributed by atoms with Crippen LogP contribution < -0.4 is 5.32 Å². The van der Waals surface area contributed by atoms with Gasteiger partial charge in [-0.05, 0) is 31.5 Å². The largest absolute Gasteiger partial charge is 0.339 e. The molecule has 1 fully saturated rings. The Hall–Kier alpha value is -1.75. The maximum atomic E-state index is 5.55. The van der Waals surface area contributed by atoms with Crippen LogP contribution in [0, 0.1) is 0 Å². The normalized spacial score (nSPS) is 22.2. The first kappa shape index (κ1) is 13.2. The highest BCUT2D eigenvalue weighted by atomic mass is 16.5. The molecule has 0 aromatic carbocycles. The summed E-state index contributed by atoms with van der Waals surface area (Å²) in [6.45, 7) is 4.16. The molecule has 1 saturated heterocycles. The van der Waals surface area contributed by atoms with Gasteiger partial charge in [0.2, 0.25) is 5.89 Å². The lowest BCUT2D eigenvalue weighted by Gasteiger charge is -2.22. The van der Waals surface area contributed by atoms with E-state index in [1.54, 1.807) is 6.20 Å². The third-order valence-electron chi connectivity index (χ3n) is 3.96. The number of hydrogen-bond donors (Lipinski definition) is 1. The minimum atomic E-state index is 0.0319. The third-order valence-corrected chi connectivity index (χ3v) is 3.96. The Morgan fingerprint density at radius 1 is 1.40 bits per heavy atom. The van der Waals surface area contributed by atoms with Crippen LogP contribution in [-0.4, -0.2) is 28.2 Å². The quantitative estimate of drug-likeness (QED) is 0.903. The highest BCUT2D eigenvalue weighted by molar-refractivity contribution is 5.13. The van der Waals surface area contributed by atoms with Crippen LogP contribution in [0.3, 0.4) is 0 Å². The van der Waals surface area contributed by atoms with Crippen molar-refractivity contribution in [3.05, 3.63) is 41.8 Å². The minimum absolute atomic E-state index is 0.0319. The molecule has 0 aliphatic carbocycles. The summed E-state index contributed by atoms with van der Waals surface area (Å²) in [4.78, 5) is 8.92. The monoisotopic (exact) mass is 272 g/mol. The third kappa shape index (κ3) is 2.58. The molecule has 0 spiro atoms. The molecule has 0 saturated carbocycles. The van der Waals surface area contributed by atoms with Crippen molar-refractivity contribution in [3.63, 3.8) is 0 Å². The van der Waals surface area contributed by atoms with Gasteiger partial charge in [0.05, 0.1) is 11.8 Å². The summed E-state index contributed by atoms with van der Waals surface area (Å²) in [5.41, 5.74) is 0.998. The Kier molecular flexibility index (Phi) is 3.78. The first-order chi connectivity index (χ1) is 9.82. The first-order valence-electron chi connectivity index (χ1n) is 7.26. The molecule has 106 valence electrons. The predicted octanol–water partition coefficient (Wildman–Crippen LogP) is 2.09. The van der Waals surface area contributed by atoms with Gasteiger partial charge in [0.25, 0.3) is 0 Å². The van der Waals surface area contributed by atoms with Crippen molar-refractivity contribution in [2.45, 2.75) is 38.0 Å². The Labute approximate surface area is 118 Å². The molecule has 0 bridgehead atoms. The molecular weight excluding hydrogens is 252 g/mol. The van der Waals surface area contributed by atoms with Crippen LogP contribution in [0.5, 0.6) is 0 Å². The van der Waals surface area contributed by atoms with Crippen molar-refractivity contribution >= 4 is 0 Å². The molecule has 2 aromatic heterocycles. The molecule has 3 heterocycles. The van der Waals surface area contributed by atoms with E-state index in [1.165, 1.54) is 0 Å². The summed E-state index contributed by atoms with van der Waals surface area (Å²) in [7, 11) is 0. The second-order valence-electron chi connectivity index (χ2n) is 5.47. The Balaban J connectivity index is 1.79. The van der Waals surface area contributed by atoms with Gasteiger partial charge in [-0.15, -0.1) is 0 Å². The number of nitrogens with one attached hydrogen (secondary N) is 1. The molecular formula is C15H20N4O. The number of aromatic nitrogens is 3. The molecule has 0 radical (unpaired) electrons. The summed E-state index contributed by atoms with van der Waals surface area (Å²) in [6, 6.07) is 5.86. The summed E-state index contributed by atoms with van der Waals surface area (Å²) < 4.78 is 5.55. The van der Waals surface area contributed by atoms with Gasteiger partial charge in [-0.1, -0.05) is 24.6 Å². The zero-order valence-corrected chi connectivity index (χ0v) is 11.8. The van der Waals surface area contributed by atoms with Crippen LogP contribution in [0.2, 0.25) is 0 Å². The fourth-order valence-corrected chi connectivity index (χ4v) is 2.93. The summed E-state index contributed by atoms with van der Waals surface area (Å²) in [6.07, 6.45) is 5.70. The maximum absolute atomic E-state index is 5.55. The summed E-state index contributed by atoms with van der Waals surface area (Å²) >= 11 is 0. The van der Waals surface area contributed by atoms with E-state index in [-0.39, 0.29) is 5.41 Å². The lowest BCUT2D eigenvalue weighted by molar-refractivity contribution is 0.276. The van der Waals surface area contributed by atoms with Gasteiger partial charge < -0.3 is 9.84 Å². The lowest BCUT2D eigenvalue weighted by Crippen LogP contribution is -2.29. The number of pyridine rings is 1. The molecule has 3 rings (SSSR count). The van der Waals surface area contributed by atoms with Gasteiger partial charge in [-0.25, -0.2) is 0 Å². The molecule has 1 aliphatic heterocycles. The summed E-state index contributed by atoms with van der Waals surface area (Å²) in [5, 5.41) is 7.54. The van der Waals surface area contributed by atoms with Crippen LogP contribution in [0.4, 0.5) is 0 Å². The van der Waals surface area contributed by atoms with Crippen LogP contribution in [0.1, 0.15) is 43.6 Å². The van der Waals surface area contributed by atoms with Crippen molar-refractivity contribution in [2.75, 3.05) is 13.1 Å². The van der Waals surface area contributed by atoms with Crippen LogP contribution in [0.25, 0.3) is 0 Å². The van der Waals surface area contributed by atoms with E-state index in [1.807, 2.05) is 18.2 Å². The highest BCUT2D eigenvalue weighted by Gasteiger charge is 2.39. The van der Waals surface area contributed by atoms with Gasteiger partial charge in [-0.2, -0.15) is 4.98 Å². The Morgan fingerprint density at radius 2 is 2.35 bits per heavy atom. The smallest absolute Gasteiger partial charge is 0.234 e. The number of hydrogen-bond acceptors (Lipinski definition) is 5. The summed E-state index contributed by atoms with van der Waals surface area (Å²) in [5.74, 6) is 1.51. The van der Waals surface area contributed by atoms with Crippen molar-refractivity contribution in [1.82, 2.24) is 20.4 Å². The van der Waals surface area contributed by atoms with E-state index in [0.717, 1.165) is 49.8 Å². The van der Waals surface area contributed by atoms with E-state index in [9.17, 15) is 0 Å². The predicted molar refractivity (Wildman–Crippen MR) is 75.4 cm³/mol. The molecule has 20 heavy (non-hydrogen) atoms. The van der Waals surface area contributed by atoms with E-state index >= 15 is 0 Å². The van der Waals surface area contributed by atoms with Crippen molar-refractivity contribution < 1.29 is 4.52 Å². The van der Waals surface area contributed by atoms with Gasteiger partial charge in [0, 0.05) is 18.4 Å². The lowest BCUT2D eigenvalue weighted by atomic mass is 9.82. The van der Waals surface area contributed by atoms with E-state index < -0.39 is 0 Å². The molecule has 5 heteroatoms. The maximum Gasteiger partial charge on any atom is 0.234 e. The standard InChI is InChI=1S/C15H20N4O/c1-2-6-15(7-9-16-11-15)14-18-13(19-20-14)10-12-5-3-4-8-17-12/h3-5,8,16H,2,6-7,9-11H2,1H3. The Morgan fingerprint density at radius 3 is 3.05 bits per heavy atom. The minimum Gasteiger partial charge on any atom is -0.339 e. The number of rotatable bonds is 5. The topological polar surface area (TPSA) is 63.8 Å². The van der Waals surface area contributed by atoms with Gasteiger partial charge in [-0.3, -0.25) is 4.98 Å². The zero-order chi connectivity index (χ0) is 13.8. The fourth-order valence-electron chi connectivity index (χ4n) is 2.93. The fraction of sp³-hybridized carbons (Fsp3) is 0.533. The molecule has 2 aromatic rings. The van der Waals surface area contributed by atoms with E-state index in [4.69, 9.17) is 4.52 Å². The second kappa shape index (κ2) is 5.71. The van der Waals surface area contributed by atoms with Crippen molar-refractivity contribution in [2.24, 2.45) is 0 Å². The van der Waals surface area contributed by atoms with Crippen LogP contribution >= 0.6 is 0 Å². The highest BCUT2D eigenvalue weighted by Crippen LogP contribution is 2.34. The SMILES string of the molecule is CCCC1(c2nc(Cc3ccccn3)no2)CCNC1. The molecule has 1 N–H and O–H groups in total. The van der Waals surface area contributed by atoms with Gasteiger partial charge in [0.1, 0.15) is 0 Å². The molecule has 1 aliphatic rings. The Bertz CT molecular complexity index is 546. The van der Waals surface area contributed by atoms with Gasteiger partial charge in [0.15, 0.2) is 5.82 Å². The van der Waals surface area contributed by atoms with E-state index in [0.29, 0.717) is 6.42 Å². The van der Waals surface area contributed by atoms with Crippen molar-refractivity contribution in [3.8, 4) is 0 Å². The average molecular weight is 272 g/mol. The average Bonchev–Trinajstić information content (AvgIpc) is 3.10. The molecule has 0 amide bonds. The van der Waals surface area contributed by atoms with E-state index in [2.05, 4.69) is 27.4 Å². The van der Waals surface area contributed by atoms with Crippen LogP contribution in [-0.2, 0) is 11.8 Å².